The normalized spacial score (nSPS) is 22.5. The highest BCUT2D eigenvalue weighted by atomic mass is 32.1. The second-order valence-corrected chi connectivity index (χ2v) is 7.22. The molecule has 0 aromatic carbocycles. The number of carbonyl (C=O) groups excluding carboxylic acids is 2. The maximum atomic E-state index is 12.5. The second kappa shape index (κ2) is 7.98. The Bertz CT molecular complexity index is 549. The summed E-state index contributed by atoms with van der Waals surface area (Å²) in [6, 6.07) is 4.07. The fourth-order valence-corrected chi connectivity index (χ4v) is 4.07. The van der Waals surface area contributed by atoms with Crippen LogP contribution in [0.1, 0.15) is 37.1 Å². The largest absolute Gasteiger partial charge is 0.368 e. The highest BCUT2D eigenvalue weighted by molar-refractivity contribution is 7.10. The van der Waals surface area contributed by atoms with Crippen LogP contribution >= 0.6 is 11.3 Å². The van der Waals surface area contributed by atoms with E-state index in [9.17, 15) is 9.59 Å². The molecule has 3 heterocycles. The van der Waals surface area contributed by atoms with Crippen LogP contribution < -0.4 is 5.32 Å². The lowest BCUT2D eigenvalue weighted by atomic mass is 10.2. The number of urea groups is 1. The number of hydrogen-bond acceptors (Lipinski definition) is 4. The maximum absolute atomic E-state index is 12.5. The molecule has 0 aliphatic carbocycles. The number of rotatable bonds is 4. The average molecular weight is 351 g/mol. The second-order valence-electron chi connectivity index (χ2n) is 6.24. The van der Waals surface area contributed by atoms with E-state index in [0.717, 1.165) is 19.3 Å². The molecule has 1 aromatic heterocycles. The Labute approximate surface area is 146 Å². The smallest absolute Gasteiger partial charge is 0.318 e. The van der Waals surface area contributed by atoms with Crippen LogP contribution in [0.25, 0.3) is 0 Å². The summed E-state index contributed by atoms with van der Waals surface area (Å²) in [5.41, 5.74) is 0. The van der Waals surface area contributed by atoms with Crippen molar-refractivity contribution in [3.8, 4) is 0 Å². The molecule has 1 aromatic rings. The van der Waals surface area contributed by atoms with Gasteiger partial charge in [0.25, 0.3) is 5.91 Å². The molecule has 0 bridgehead atoms. The first-order chi connectivity index (χ1) is 11.7. The van der Waals surface area contributed by atoms with E-state index in [0.29, 0.717) is 32.8 Å². The number of nitrogens with one attached hydrogen (secondary N) is 1. The van der Waals surface area contributed by atoms with Gasteiger partial charge in [0, 0.05) is 37.7 Å². The average Bonchev–Trinajstić information content (AvgIpc) is 3.32. The summed E-state index contributed by atoms with van der Waals surface area (Å²) >= 11 is 1.66. The van der Waals surface area contributed by atoms with Crippen LogP contribution in [0.5, 0.6) is 0 Å². The summed E-state index contributed by atoms with van der Waals surface area (Å²) in [7, 11) is 0. The van der Waals surface area contributed by atoms with Crippen molar-refractivity contribution in [2.45, 2.75) is 38.3 Å². The lowest BCUT2D eigenvalue weighted by Crippen LogP contribution is -2.55. The quantitative estimate of drug-likeness (QED) is 0.905. The molecule has 2 fully saturated rings. The third-order valence-electron chi connectivity index (χ3n) is 4.68. The van der Waals surface area contributed by atoms with E-state index in [2.05, 4.69) is 18.3 Å². The van der Waals surface area contributed by atoms with Gasteiger partial charge >= 0.3 is 6.03 Å². The minimum absolute atomic E-state index is 0.0422. The third kappa shape index (κ3) is 3.89. The van der Waals surface area contributed by atoms with Crippen molar-refractivity contribution in [2.75, 3.05) is 32.8 Å². The van der Waals surface area contributed by atoms with E-state index in [-0.39, 0.29) is 24.1 Å². The van der Waals surface area contributed by atoms with Crippen molar-refractivity contribution in [3.05, 3.63) is 22.4 Å². The standard InChI is InChI=1S/C17H25N3O3S/c1-2-13(15-6-4-12-24-15)18-17(22)20-9-7-19(8-10-20)16(21)14-5-3-11-23-14/h4,6,12-14H,2-3,5,7-11H2,1H3,(H,18,22). The molecule has 24 heavy (non-hydrogen) atoms. The van der Waals surface area contributed by atoms with Crippen molar-refractivity contribution < 1.29 is 14.3 Å². The Morgan fingerprint density at radius 2 is 2.08 bits per heavy atom. The lowest BCUT2D eigenvalue weighted by Gasteiger charge is -2.36. The number of thiophene rings is 1. The predicted octanol–water partition coefficient (Wildman–Crippen LogP) is 2.23. The first-order valence-electron chi connectivity index (χ1n) is 8.68. The highest BCUT2D eigenvalue weighted by Crippen LogP contribution is 2.22. The minimum Gasteiger partial charge on any atom is -0.368 e. The number of piperazine rings is 1. The number of ether oxygens (including phenoxy) is 1. The molecule has 2 aliphatic rings. The zero-order valence-corrected chi connectivity index (χ0v) is 14.9. The Balaban J connectivity index is 1.48. The van der Waals surface area contributed by atoms with Gasteiger partial charge in [-0.2, -0.15) is 0 Å². The van der Waals surface area contributed by atoms with Gasteiger partial charge in [-0.1, -0.05) is 13.0 Å². The molecule has 0 radical (unpaired) electrons. The molecule has 2 saturated heterocycles. The Morgan fingerprint density at radius 3 is 2.67 bits per heavy atom. The van der Waals surface area contributed by atoms with Gasteiger partial charge in [0.1, 0.15) is 6.10 Å². The van der Waals surface area contributed by atoms with E-state index in [4.69, 9.17) is 4.74 Å². The van der Waals surface area contributed by atoms with E-state index in [1.54, 1.807) is 16.2 Å². The highest BCUT2D eigenvalue weighted by Gasteiger charge is 2.31. The SMILES string of the molecule is CCC(NC(=O)N1CCN(C(=O)C2CCCO2)CC1)c1cccs1. The predicted molar refractivity (Wildman–Crippen MR) is 93.0 cm³/mol. The fourth-order valence-electron chi connectivity index (χ4n) is 3.21. The third-order valence-corrected chi connectivity index (χ3v) is 5.66. The summed E-state index contributed by atoms with van der Waals surface area (Å²) in [5, 5.41) is 5.13. The van der Waals surface area contributed by atoms with Gasteiger partial charge < -0.3 is 19.9 Å². The number of carbonyl (C=O) groups is 2. The van der Waals surface area contributed by atoms with Gasteiger partial charge in [0.05, 0.1) is 6.04 Å². The molecule has 3 rings (SSSR count). The molecule has 7 heteroatoms. The molecular formula is C17H25N3O3S. The van der Waals surface area contributed by atoms with Gasteiger partial charge in [0.2, 0.25) is 0 Å². The number of nitrogens with zero attached hydrogens (tertiary/aromatic N) is 2. The van der Waals surface area contributed by atoms with Crippen LogP contribution in [-0.4, -0.2) is 60.6 Å². The lowest BCUT2D eigenvalue weighted by molar-refractivity contribution is -0.142. The van der Waals surface area contributed by atoms with Crippen molar-refractivity contribution >= 4 is 23.3 Å². The van der Waals surface area contributed by atoms with E-state index < -0.39 is 0 Å². The molecular weight excluding hydrogens is 326 g/mol. The van der Waals surface area contributed by atoms with Crippen LogP contribution in [0.4, 0.5) is 4.79 Å². The van der Waals surface area contributed by atoms with Gasteiger partial charge in [0.15, 0.2) is 0 Å². The molecule has 1 N–H and O–H groups in total. The monoisotopic (exact) mass is 351 g/mol. The zero-order valence-electron chi connectivity index (χ0n) is 14.1. The molecule has 132 valence electrons. The van der Waals surface area contributed by atoms with Crippen LogP contribution in [0.2, 0.25) is 0 Å². The number of amides is 3. The fraction of sp³-hybridized carbons (Fsp3) is 0.647. The Kier molecular flexibility index (Phi) is 5.73. The Morgan fingerprint density at radius 1 is 1.33 bits per heavy atom. The van der Waals surface area contributed by atoms with Crippen LogP contribution in [-0.2, 0) is 9.53 Å². The topological polar surface area (TPSA) is 61.9 Å². The van der Waals surface area contributed by atoms with Gasteiger partial charge in [-0.15, -0.1) is 11.3 Å². The molecule has 2 atom stereocenters. The summed E-state index contributed by atoms with van der Waals surface area (Å²) in [5.74, 6) is 0.0811. The summed E-state index contributed by atoms with van der Waals surface area (Å²) in [4.78, 5) is 29.6. The van der Waals surface area contributed by atoms with Crippen molar-refractivity contribution in [1.82, 2.24) is 15.1 Å². The van der Waals surface area contributed by atoms with Crippen molar-refractivity contribution in [2.24, 2.45) is 0 Å². The first-order valence-corrected chi connectivity index (χ1v) is 9.56. The summed E-state index contributed by atoms with van der Waals surface area (Å²) in [6.45, 7) is 5.07. The van der Waals surface area contributed by atoms with Crippen LogP contribution in [0.15, 0.2) is 17.5 Å². The van der Waals surface area contributed by atoms with E-state index in [1.807, 2.05) is 16.3 Å². The zero-order chi connectivity index (χ0) is 16.9. The molecule has 2 aliphatic heterocycles. The molecule has 0 spiro atoms. The van der Waals surface area contributed by atoms with Crippen molar-refractivity contribution in [1.29, 1.82) is 0 Å². The van der Waals surface area contributed by atoms with E-state index in [1.165, 1.54) is 4.88 Å². The number of hydrogen-bond donors (Lipinski definition) is 1. The maximum Gasteiger partial charge on any atom is 0.318 e. The van der Waals surface area contributed by atoms with Gasteiger partial charge in [-0.25, -0.2) is 4.79 Å². The molecule has 2 unspecified atom stereocenters. The summed E-state index contributed by atoms with van der Waals surface area (Å²) in [6.07, 6.45) is 2.37. The molecule has 3 amide bonds. The van der Waals surface area contributed by atoms with Crippen LogP contribution in [0, 0.1) is 0 Å². The van der Waals surface area contributed by atoms with E-state index >= 15 is 0 Å². The van der Waals surface area contributed by atoms with Gasteiger partial charge in [-0.05, 0) is 30.7 Å². The molecule has 6 nitrogen and oxygen atoms in total. The van der Waals surface area contributed by atoms with Crippen LogP contribution in [0.3, 0.4) is 0 Å². The Hall–Kier alpha value is -1.60. The summed E-state index contributed by atoms with van der Waals surface area (Å²) < 4.78 is 5.47. The van der Waals surface area contributed by atoms with Gasteiger partial charge in [-0.3, -0.25) is 4.79 Å². The molecule has 0 saturated carbocycles. The first kappa shape index (κ1) is 17.2. The minimum atomic E-state index is -0.270. The van der Waals surface area contributed by atoms with Crippen molar-refractivity contribution in [3.63, 3.8) is 0 Å².